The van der Waals surface area contributed by atoms with E-state index in [1.54, 1.807) is 0 Å². The van der Waals surface area contributed by atoms with Crippen LogP contribution in [0.2, 0.25) is 0 Å². The van der Waals surface area contributed by atoms with Crippen LogP contribution in [0.25, 0.3) is 0 Å². The van der Waals surface area contributed by atoms with Crippen LogP contribution < -0.4 is 5.73 Å². The predicted octanol–water partition coefficient (Wildman–Crippen LogP) is 0.846. The Labute approximate surface area is 95.9 Å². The highest BCUT2D eigenvalue weighted by Crippen LogP contribution is 2.25. The van der Waals surface area contributed by atoms with E-state index < -0.39 is 12.0 Å². The zero-order valence-corrected chi connectivity index (χ0v) is 9.92. The first-order valence-corrected chi connectivity index (χ1v) is 5.18. The van der Waals surface area contributed by atoms with Crippen molar-refractivity contribution in [2.24, 2.45) is 5.73 Å². The van der Waals surface area contributed by atoms with E-state index in [-0.39, 0.29) is 6.04 Å². The first-order valence-electron chi connectivity index (χ1n) is 5.18. The van der Waals surface area contributed by atoms with E-state index in [1.807, 2.05) is 51.5 Å². The van der Waals surface area contributed by atoms with Gasteiger partial charge in [-0.2, -0.15) is 0 Å². The van der Waals surface area contributed by atoms with Gasteiger partial charge < -0.3 is 15.3 Å². The molecule has 1 aromatic carbocycles. The van der Waals surface area contributed by atoms with Crippen LogP contribution in [-0.2, 0) is 4.79 Å². The number of benzene rings is 1. The van der Waals surface area contributed by atoms with Crippen molar-refractivity contribution in [3.8, 4) is 0 Å². The number of quaternary nitrogens is 1. The Bertz CT molecular complexity index is 357. The van der Waals surface area contributed by atoms with Crippen molar-refractivity contribution >= 4 is 5.97 Å². The van der Waals surface area contributed by atoms with Gasteiger partial charge in [0.15, 0.2) is 6.04 Å². The molecule has 0 bridgehead atoms. The smallest absolute Gasteiger partial charge is 0.327 e. The molecule has 0 aromatic heterocycles. The van der Waals surface area contributed by atoms with Crippen LogP contribution >= 0.6 is 0 Å². The molecular weight excluding hydrogens is 204 g/mol. The highest BCUT2D eigenvalue weighted by molar-refractivity contribution is 5.74. The summed E-state index contributed by atoms with van der Waals surface area (Å²) in [5.41, 5.74) is 6.71. The lowest BCUT2D eigenvalue weighted by atomic mass is 9.97. The first kappa shape index (κ1) is 12.7. The maximum atomic E-state index is 11.0. The van der Waals surface area contributed by atoms with Gasteiger partial charge in [-0.1, -0.05) is 30.3 Å². The van der Waals surface area contributed by atoms with Gasteiger partial charge in [-0.3, -0.25) is 4.79 Å². The predicted molar refractivity (Wildman–Crippen MR) is 62.8 cm³/mol. The topological polar surface area (TPSA) is 63.3 Å². The van der Waals surface area contributed by atoms with Gasteiger partial charge in [-0.05, 0) is 0 Å². The van der Waals surface area contributed by atoms with Crippen LogP contribution in [0, 0.1) is 0 Å². The molecule has 4 heteroatoms. The molecule has 0 spiro atoms. The summed E-state index contributed by atoms with van der Waals surface area (Å²) in [4.78, 5) is 11.0. The molecule has 0 amide bonds. The molecule has 3 N–H and O–H groups in total. The molecule has 0 aliphatic heterocycles. The lowest BCUT2D eigenvalue weighted by Gasteiger charge is -2.36. The minimum absolute atomic E-state index is 0.251. The van der Waals surface area contributed by atoms with Crippen molar-refractivity contribution in [3.63, 3.8) is 0 Å². The van der Waals surface area contributed by atoms with E-state index >= 15 is 0 Å². The molecule has 16 heavy (non-hydrogen) atoms. The molecule has 0 radical (unpaired) electrons. The molecule has 0 aliphatic rings. The van der Waals surface area contributed by atoms with Crippen molar-refractivity contribution in [3.05, 3.63) is 35.9 Å². The van der Waals surface area contributed by atoms with Gasteiger partial charge >= 0.3 is 5.97 Å². The number of rotatable bonds is 4. The minimum atomic E-state index is -0.970. The Kier molecular flexibility index (Phi) is 3.67. The van der Waals surface area contributed by atoms with Crippen LogP contribution in [0.15, 0.2) is 30.3 Å². The maximum absolute atomic E-state index is 11.0. The SMILES string of the molecule is C[N+](C)(C)C(c1ccccc1)[C@@H](N)C(=O)O. The number of hydrogen-bond acceptors (Lipinski definition) is 2. The Morgan fingerprint density at radius 3 is 2.12 bits per heavy atom. The number of carbonyl (C=O) groups is 1. The average molecular weight is 223 g/mol. The molecule has 2 atom stereocenters. The quantitative estimate of drug-likeness (QED) is 0.744. The Morgan fingerprint density at radius 2 is 1.75 bits per heavy atom. The molecule has 0 saturated heterocycles. The van der Waals surface area contributed by atoms with E-state index in [1.165, 1.54) is 0 Å². The summed E-state index contributed by atoms with van der Waals surface area (Å²) in [6.45, 7) is 0. The summed E-state index contributed by atoms with van der Waals surface area (Å²) in [6, 6.07) is 8.37. The van der Waals surface area contributed by atoms with Gasteiger partial charge in [-0.25, -0.2) is 0 Å². The van der Waals surface area contributed by atoms with Crippen molar-refractivity contribution in [1.29, 1.82) is 0 Å². The lowest BCUT2D eigenvalue weighted by molar-refractivity contribution is -0.902. The molecular formula is C12H19N2O2+. The summed E-state index contributed by atoms with van der Waals surface area (Å²) in [5, 5.41) is 9.04. The van der Waals surface area contributed by atoms with Gasteiger partial charge in [0.05, 0.1) is 21.1 Å². The molecule has 0 aliphatic carbocycles. The van der Waals surface area contributed by atoms with Crippen molar-refractivity contribution in [1.82, 2.24) is 0 Å². The summed E-state index contributed by atoms with van der Waals surface area (Å²) < 4.78 is 0.484. The van der Waals surface area contributed by atoms with Gasteiger partial charge in [-0.15, -0.1) is 0 Å². The highest BCUT2D eigenvalue weighted by atomic mass is 16.4. The fourth-order valence-electron chi connectivity index (χ4n) is 1.92. The second kappa shape index (κ2) is 4.63. The Balaban J connectivity index is 3.12. The van der Waals surface area contributed by atoms with Crippen LogP contribution in [0.1, 0.15) is 11.6 Å². The molecule has 1 aromatic rings. The molecule has 0 fully saturated rings. The van der Waals surface area contributed by atoms with Gasteiger partial charge in [0.2, 0.25) is 0 Å². The van der Waals surface area contributed by atoms with E-state index in [2.05, 4.69) is 0 Å². The molecule has 0 heterocycles. The lowest BCUT2D eigenvalue weighted by Crippen LogP contribution is -2.51. The fraction of sp³-hybridized carbons (Fsp3) is 0.417. The van der Waals surface area contributed by atoms with Crippen molar-refractivity contribution in [2.75, 3.05) is 21.1 Å². The van der Waals surface area contributed by atoms with Crippen molar-refractivity contribution < 1.29 is 14.4 Å². The third-order valence-corrected chi connectivity index (χ3v) is 2.60. The molecule has 0 saturated carbocycles. The molecule has 1 rings (SSSR count). The minimum Gasteiger partial charge on any atom is -0.480 e. The largest absolute Gasteiger partial charge is 0.480 e. The van der Waals surface area contributed by atoms with Crippen molar-refractivity contribution in [2.45, 2.75) is 12.1 Å². The zero-order valence-electron chi connectivity index (χ0n) is 9.92. The fourth-order valence-corrected chi connectivity index (χ4v) is 1.92. The van der Waals surface area contributed by atoms with E-state index in [0.717, 1.165) is 5.56 Å². The Hall–Kier alpha value is -1.39. The number of aliphatic carboxylic acids is 1. The van der Waals surface area contributed by atoms with E-state index in [0.29, 0.717) is 4.48 Å². The van der Waals surface area contributed by atoms with E-state index in [4.69, 9.17) is 10.8 Å². The number of likely N-dealkylation sites (N-methyl/N-ethyl adjacent to an activating group) is 1. The zero-order chi connectivity index (χ0) is 12.3. The highest BCUT2D eigenvalue weighted by Gasteiger charge is 2.36. The average Bonchev–Trinajstić information content (AvgIpc) is 2.17. The van der Waals surface area contributed by atoms with Crippen LogP contribution in [-0.4, -0.2) is 42.7 Å². The summed E-state index contributed by atoms with van der Waals surface area (Å²) in [7, 11) is 5.83. The number of carboxylic acid groups (broad SMARTS) is 1. The normalized spacial score (nSPS) is 15.5. The summed E-state index contributed by atoms with van der Waals surface area (Å²) in [5.74, 6) is -0.970. The third kappa shape index (κ3) is 2.81. The number of nitrogens with two attached hydrogens (primary N) is 1. The second-order valence-corrected chi connectivity index (χ2v) is 4.84. The van der Waals surface area contributed by atoms with Gasteiger partial charge in [0.25, 0.3) is 0 Å². The van der Waals surface area contributed by atoms with Gasteiger partial charge in [0.1, 0.15) is 6.04 Å². The van der Waals surface area contributed by atoms with Crippen LogP contribution in [0.4, 0.5) is 0 Å². The molecule has 88 valence electrons. The molecule has 1 unspecified atom stereocenters. The number of hydrogen-bond donors (Lipinski definition) is 2. The van der Waals surface area contributed by atoms with Crippen LogP contribution in [0.3, 0.4) is 0 Å². The summed E-state index contributed by atoms with van der Waals surface area (Å²) in [6.07, 6.45) is 0. The monoisotopic (exact) mass is 223 g/mol. The van der Waals surface area contributed by atoms with E-state index in [9.17, 15) is 4.79 Å². The van der Waals surface area contributed by atoms with Gasteiger partial charge in [0, 0.05) is 5.56 Å². The molecule has 4 nitrogen and oxygen atoms in total. The first-order chi connectivity index (χ1) is 7.34. The third-order valence-electron chi connectivity index (χ3n) is 2.60. The number of nitrogens with zero attached hydrogens (tertiary/aromatic N) is 1. The standard InChI is InChI=1S/C12H18N2O2/c1-14(2,3)11(10(13)12(15)16)9-7-5-4-6-8-9/h4-8,10-11H,13H2,1-3H3/p+1/t10-,11?/m1/s1. The second-order valence-electron chi connectivity index (χ2n) is 4.84. The maximum Gasteiger partial charge on any atom is 0.327 e. The number of carboxylic acids is 1. The Morgan fingerprint density at radius 1 is 1.25 bits per heavy atom. The van der Waals surface area contributed by atoms with Crippen LogP contribution in [0.5, 0.6) is 0 Å². The summed E-state index contributed by atoms with van der Waals surface area (Å²) >= 11 is 0.